The van der Waals surface area contributed by atoms with Gasteiger partial charge in [-0.25, -0.2) is 0 Å². The van der Waals surface area contributed by atoms with Gasteiger partial charge in [-0.2, -0.15) is 0 Å². The third-order valence-electron chi connectivity index (χ3n) is 4.31. The van der Waals surface area contributed by atoms with Crippen LogP contribution in [0.5, 0.6) is 0 Å². The Labute approximate surface area is 146 Å². The first kappa shape index (κ1) is 18.7. The topological polar surface area (TPSA) is 105 Å². The molecule has 1 aromatic carbocycles. The predicted molar refractivity (Wildman–Crippen MR) is 94.7 cm³/mol. The van der Waals surface area contributed by atoms with E-state index in [-0.39, 0.29) is 35.0 Å². The van der Waals surface area contributed by atoms with E-state index in [9.17, 15) is 19.7 Å². The van der Waals surface area contributed by atoms with Crippen LogP contribution in [0.1, 0.15) is 37.0 Å². The molecule has 0 unspecified atom stereocenters. The highest BCUT2D eigenvalue weighted by molar-refractivity contribution is 5.96. The maximum atomic E-state index is 12.1. The molecule has 1 aromatic rings. The van der Waals surface area contributed by atoms with Gasteiger partial charge in [0.25, 0.3) is 11.6 Å². The van der Waals surface area contributed by atoms with Crippen LogP contribution in [0.2, 0.25) is 0 Å². The van der Waals surface area contributed by atoms with Gasteiger partial charge in [0.05, 0.1) is 4.92 Å². The lowest BCUT2D eigenvalue weighted by Crippen LogP contribution is -2.39. The lowest BCUT2D eigenvalue weighted by Gasteiger charge is -2.32. The number of rotatable bonds is 5. The van der Waals surface area contributed by atoms with Gasteiger partial charge in [-0.15, -0.1) is 0 Å². The predicted octanol–water partition coefficient (Wildman–Crippen LogP) is 1.70. The van der Waals surface area contributed by atoms with Crippen LogP contribution in [0.3, 0.4) is 0 Å². The normalized spacial score (nSPS) is 15.1. The zero-order chi connectivity index (χ0) is 18.6. The maximum Gasteiger partial charge on any atom is 0.293 e. The Kier molecular flexibility index (Phi) is 5.95. The molecule has 0 spiro atoms. The smallest absolute Gasteiger partial charge is 0.293 e. The Morgan fingerprint density at radius 3 is 2.44 bits per heavy atom. The van der Waals surface area contributed by atoms with Gasteiger partial charge in [0.2, 0.25) is 5.91 Å². The molecule has 0 saturated carbocycles. The van der Waals surface area contributed by atoms with Crippen molar-refractivity contribution in [2.24, 2.45) is 5.92 Å². The Balaban J connectivity index is 2.20. The minimum absolute atomic E-state index is 0.00912. The van der Waals surface area contributed by atoms with Crippen LogP contribution in [0, 0.1) is 16.0 Å². The standard InChI is InChI=1S/C17H24N4O4/c1-11(2)19-17(23)13-4-5-14(15(10-13)21(24)25)20-8-6-12(7-9-20)16(22)18-3/h4-5,10-12H,6-9H2,1-3H3,(H,18,22)(H,19,23). The molecule has 2 amide bonds. The fourth-order valence-corrected chi connectivity index (χ4v) is 3.01. The molecule has 1 aliphatic heterocycles. The number of nitrogens with one attached hydrogen (secondary N) is 2. The summed E-state index contributed by atoms with van der Waals surface area (Å²) in [5.41, 5.74) is 0.667. The van der Waals surface area contributed by atoms with E-state index in [1.54, 1.807) is 19.2 Å². The van der Waals surface area contributed by atoms with Crippen molar-refractivity contribution in [3.05, 3.63) is 33.9 Å². The quantitative estimate of drug-likeness (QED) is 0.622. The number of benzene rings is 1. The monoisotopic (exact) mass is 348 g/mol. The first-order valence-corrected chi connectivity index (χ1v) is 8.39. The number of hydrogen-bond donors (Lipinski definition) is 2. The molecule has 0 aliphatic carbocycles. The van der Waals surface area contributed by atoms with E-state index in [0.29, 0.717) is 31.6 Å². The van der Waals surface area contributed by atoms with Crippen molar-refractivity contribution in [2.45, 2.75) is 32.7 Å². The number of carbonyl (C=O) groups is 2. The average molecular weight is 348 g/mol. The number of nitrogens with zero attached hydrogens (tertiary/aromatic N) is 2. The summed E-state index contributed by atoms with van der Waals surface area (Å²) in [6.45, 7) is 4.79. The highest BCUT2D eigenvalue weighted by Crippen LogP contribution is 2.32. The van der Waals surface area contributed by atoms with E-state index in [0.717, 1.165) is 0 Å². The van der Waals surface area contributed by atoms with Crippen molar-refractivity contribution in [3.8, 4) is 0 Å². The van der Waals surface area contributed by atoms with Crippen LogP contribution >= 0.6 is 0 Å². The molecule has 8 heteroatoms. The minimum atomic E-state index is -0.466. The molecule has 0 radical (unpaired) electrons. The van der Waals surface area contributed by atoms with Gasteiger partial charge in [0.15, 0.2) is 0 Å². The summed E-state index contributed by atoms with van der Waals surface area (Å²) in [7, 11) is 1.61. The Hall–Kier alpha value is -2.64. The zero-order valence-corrected chi connectivity index (χ0v) is 14.7. The molecule has 0 atom stereocenters. The van der Waals surface area contributed by atoms with Gasteiger partial charge in [0.1, 0.15) is 5.69 Å². The molecule has 8 nitrogen and oxygen atoms in total. The van der Waals surface area contributed by atoms with Gasteiger partial charge in [-0.05, 0) is 38.8 Å². The number of nitro benzene ring substituents is 1. The fraction of sp³-hybridized carbons (Fsp3) is 0.529. The summed E-state index contributed by atoms with van der Waals surface area (Å²) >= 11 is 0. The van der Waals surface area contributed by atoms with Crippen molar-refractivity contribution in [1.82, 2.24) is 10.6 Å². The van der Waals surface area contributed by atoms with E-state index in [1.807, 2.05) is 18.7 Å². The third kappa shape index (κ3) is 4.46. The van der Waals surface area contributed by atoms with Gasteiger partial charge in [-0.3, -0.25) is 19.7 Å². The summed E-state index contributed by atoms with van der Waals surface area (Å²) in [5, 5.41) is 16.8. The minimum Gasteiger partial charge on any atom is -0.366 e. The molecule has 2 N–H and O–H groups in total. The molecule has 0 bridgehead atoms. The first-order valence-electron chi connectivity index (χ1n) is 8.39. The van der Waals surface area contributed by atoms with E-state index < -0.39 is 4.92 Å². The highest BCUT2D eigenvalue weighted by atomic mass is 16.6. The number of anilines is 1. The summed E-state index contributed by atoms with van der Waals surface area (Å²) in [6, 6.07) is 4.49. The first-order chi connectivity index (χ1) is 11.8. The molecular formula is C17H24N4O4. The van der Waals surface area contributed by atoms with Crippen molar-refractivity contribution in [1.29, 1.82) is 0 Å². The Morgan fingerprint density at radius 2 is 1.92 bits per heavy atom. The molecule has 1 saturated heterocycles. The molecule has 136 valence electrons. The van der Waals surface area contributed by atoms with Gasteiger partial charge in [-0.1, -0.05) is 0 Å². The molecule has 1 aliphatic rings. The van der Waals surface area contributed by atoms with Crippen LogP contribution in [-0.2, 0) is 4.79 Å². The van der Waals surface area contributed by atoms with Crippen molar-refractivity contribution >= 4 is 23.2 Å². The molecule has 0 aromatic heterocycles. The van der Waals surface area contributed by atoms with Crippen LogP contribution in [0.25, 0.3) is 0 Å². The lowest BCUT2D eigenvalue weighted by atomic mass is 9.95. The molecular weight excluding hydrogens is 324 g/mol. The Morgan fingerprint density at radius 1 is 1.28 bits per heavy atom. The second kappa shape index (κ2) is 7.96. The van der Waals surface area contributed by atoms with Crippen LogP contribution in [0.15, 0.2) is 18.2 Å². The summed E-state index contributed by atoms with van der Waals surface area (Å²) in [6.07, 6.45) is 1.29. The van der Waals surface area contributed by atoms with Crippen LogP contribution < -0.4 is 15.5 Å². The number of carbonyl (C=O) groups excluding carboxylic acids is 2. The highest BCUT2D eigenvalue weighted by Gasteiger charge is 2.28. The summed E-state index contributed by atoms with van der Waals surface area (Å²) in [4.78, 5) is 36.7. The summed E-state index contributed by atoms with van der Waals surface area (Å²) < 4.78 is 0. The van der Waals surface area contributed by atoms with Gasteiger partial charge < -0.3 is 15.5 Å². The lowest BCUT2D eigenvalue weighted by molar-refractivity contribution is -0.384. The third-order valence-corrected chi connectivity index (χ3v) is 4.31. The summed E-state index contributed by atoms with van der Waals surface area (Å²) in [5.74, 6) is -0.380. The van der Waals surface area contributed by atoms with E-state index in [1.165, 1.54) is 6.07 Å². The van der Waals surface area contributed by atoms with Gasteiger partial charge >= 0.3 is 0 Å². The SMILES string of the molecule is CNC(=O)C1CCN(c2ccc(C(=O)NC(C)C)cc2[N+](=O)[O-])CC1. The maximum absolute atomic E-state index is 12.1. The van der Waals surface area contributed by atoms with Crippen molar-refractivity contribution in [2.75, 3.05) is 25.0 Å². The number of nitro groups is 1. The average Bonchev–Trinajstić information content (AvgIpc) is 2.60. The van der Waals surface area contributed by atoms with Crippen LogP contribution in [0.4, 0.5) is 11.4 Å². The van der Waals surface area contributed by atoms with Crippen molar-refractivity contribution in [3.63, 3.8) is 0 Å². The fourth-order valence-electron chi connectivity index (χ4n) is 3.01. The van der Waals surface area contributed by atoms with E-state index in [2.05, 4.69) is 10.6 Å². The van der Waals surface area contributed by atoms with Crippen molar-refractivity contribution < 1.29 is 14.5 Å². The van der Waals surface area contributed by atoms with Crippen LogP contribution in [-0.4, -0.2) is 42.9 Å². The molecule has 2 rings (SSSR count). The molecule has 25 heavy (non-hydrogen) atoms. The molecule has 1 fully saturated rings. The number of hydrogen-bond acceptors (Lipinski definition) is 5. The second-order valence-electron chi connectivity index (χ2n) is 6.46. The largest absolute Gasteiger partial charge is 0.366 e. The zero-order valence-electron chi connectivity index (χ0n) is 14.7. The van der Waals surface area contributed by atoms with E-state index >= 15 is 0 Å². The molecule has 1 heterocycles. The number of amides is 2. The number of piperidine rings is 1. The Bertz CT molecular complexity index is 667. The van der Waals surface area contributed by atoms with E-state index in [4.69, 9.17) is 0 Å². The second-order valence-corrected chi connectivity index (χ2v) is 6.46. The van der Waals surface area contributed by atoms with Gasteiger partial charge in [0, 0.05) is 43.7 Å².